The largest absolute Gasteiger partial charge is 0.493 e. The zero-order chi connectivity index (χ0) is 19.8. The first-order valence-electron chi connectivity index (χ1n) is 8.50. The number of nitrogens with one attached hydrogen (secondary N) is 1. The molecule has 0 bridgehead atoms. The number of carbonyl (C=O) groups is 1. The lowest BCUT2D eigenvalue weighted by molar-refractivity contribution is -0.116. The SMILES string of the molecule is COc1cc(NC(=O)CCN(C)Cc2ccccc2Br)cc(OC)c1OC. The molecule has 0 fully saturated rings. The Kier molecular flexibility index (Phi) is 7.94. The number of nitrogens with zero attached hydrogens (tertiary/aromatic N) is 1. The van der Waals surface area contributed by atoms with Gasteiger partial charge in [0.2, 0.25) is 11.7 Å². The molecule has 1 N–H and O–H groups in total. The molecule has 2 aromatic carbocycles. The summed E-state index contributed by atoms with van der Waals surface area (Å²) in [6.45, 7) is 1.40. The second-order valence-electron chi connectivity index (χ2n) is 6.04. The molecule has 0 saturated heterocycles. The third-order valence-electron chi connectivity index (χ3n) is 4.07. The Labute approximate surface area is 168 Å². The number of rotatable bonds is 9. The summed E-state index contributed by atoms with van der Waals surface area (Å²) in [5.74, 6) is 1.41. The average molecular weight is 437 g/mol. The van der Waals surface area contributed by atoms with Crippen LogP contribution in [0.25, 0.3) is 0 Å². The summed E-state index contributed by atoms with van der Waals surface area (Å²) in [4.78, 5) is 14.4. The minimum atomic E-state index is -0.0803. The molecule has 2 aromatic rings. The maximum absolute atomic E-state index is 12.3. The average Bonchev–Trinajstić information content (AvgIpc) is 2.67. The Hall–Kier alpha value is -2.25. The van der Waals surface area contributed by atoms with Crippen molar-refractivity contribution in [3.05, 3.63) is 46.4 Å². The fourth-order valence-corrected chi connectivity index (χ4v) is 3.08. The van der Waals surface area contributed by atoms with E-state index in [1.165, 1.54) is 5.56 Å². The lowest BCUT2D eigenvalue weighted by Gasteiger charge is -2.18. The van der Waals surface area contributed by atoms with Crippen LogP contribution in [0, 0.1) is 0 Å². The smallest absolute Gasteiger partial charge is 0.225 e. The molecule has 0 saturated carbocycles. The first-order valence-corrected chi connectivity index (χ1v) is 9.29. The number of amides is 1. The Morgan fingerprint density at radius 1 is 1.07 bits per heavy atom. The van der Waals surface area contributed by atoms with Gasteiger partial charge in [-0.2, -0.15) is 0 Å². The maximum atomic E-state index is 12.3. The van der Waals surface area contributed by atoms with Gasteiger partial charge in [-0.05, 0) is 18.7 Å². The molecule has 0 aliphatic rings. The highest BCUT2D eigenvalue weighted by Gasteiger charge is 2.15. The second kappa shape index (κ2) is 10.2. The molecule has 0 atom stereocenters. The van der Waals surface area contributed by atoms with Crippen LogP contribution in [-0.4, -0.2) is 45.7 Å². The fourth-order valence-electron chi connectivity index (χ4n) is 2.67. The first-order chi connectivity index (χ1) is 13.0. The van der Waals surface area contributed by atoms with Crippen LogP contribution >= 0.6 is 15.9 Å². The molecular formula is C20H25BrN2O4. The van der Waals surface area contributed by atoms with Crippen molar-refractivity contribution in [3.8, 4) is 17.2 Å². The van der Waals surface area contributed by atoms with Crippen LogP contribution in [0.4, 0.5) is 5.69 Å². The van der Waals surface area contributed by atoms with Gasteiger partial charge >= 0.3 is 0 Å². The van der Waals surface area contributed by atoms with Crippen LogP contribution < -0.4 is 19.5 Å². The molecule has 0 aliphatic heterocycles. The normalized spacial score (nSPS) is 10.6. The van der Waals surface area contributed by atoms with Crippen LogP contribution in [0.15, 0.2) is 40.9 Å². The van der Waals surface area contributed by atoms with Gasteiger partial charge in [-0.3, -0.25) is 4.79 Å². The summed E-state index contributed by atoms with van der Waals surface area (Å²) in [5.41, 5.74) is 1.79. The number of benzene rings is 2. The zero-order valence-corrected chi connectivity index (χ0v) is 17.6. The molecular weight excluding hydrogens is 412 g/mol. The van der Waals surface area contributed by atoms with Crippen LogP contribution in [0.1, 0.15) is 12.0 Å². The number of halogens is 1. The summed E-state index contributed by atoms with van der Waals surface area (Å²) in [6.07, 6.45) is 0.373. The standard InChI is InChI=1S/C20H25BrN2O4/c1-23(13-14-7-5-6-8-16(14)21)10-9-19(24)22-15-11-17(25-2)20(27-4)18(12-15)26-3/h5-8,11-12H,9-10,13H2,1-4H3,(H,22,24). The van der Waals surface area contributed by atoms with E-state index in [0.29, 0.717) is 35.9 Å². The highest BCUT2D eigenvalue weighted by atomic mass is 79.9. The zero-order valence-electron chi connectivity index (χ0n) is 16.0. The van der Waals surface area contributed by atoms with Crippen LogP contribution in [0.2, 0.25) is 0 Å². The van der Waals surface area contributed by atoms with Crippen molar-refractivity contribution < 1.29 is 19.0 Å². The maximum Gasteiger partial charge on any atom is 0.225 e. The predicted molar refractivity (Wildman–Crippen MR) is 110 cm³/mol. The van der Waals surface area contributed by atoms with Gasteiger partial charge in [-0.25, -0.2) is 0 Å². The molecule has 0 aliphatic carbocycles. The summed E-state index contributed by atoms with van der Waals surface area (Å²) in [6, 6.07) is 11.5. The Morgan fingerprint density at radius 3 is 2.26 bits per heavy atom. The van der Waals surface area contributed by atoms with E-state index < -0.39 is 0 Å². The molecule has 0 spiro atoms. The van der Waals surface area contributed by atoms with Crippen molar-refractivity contribution in [2.75, 3.05) is 40.2 Å². The van der Waals surface area contributed by atoms with Gasteiger partial charge < -0.3 is 24.4 Å². The van der Waals surface area contributed by atoms with Crippen molar-refractivity contribution in [1.82, 2.24) is 4.90 Å². The lowest BCUT2D eigenvalue weighted by atomic mass is 10.2. The molecule has 146 valence electrons. The minimum Gasteiger partial charge on any atom is -0.493 e. The number of methoxy groups -OCH3 is 3. The molecule has 27 heavy (non-hydrogen) atoms. The quantitative estimate of drug-likeness (QED) is 0.644. The van der Waals surface area contributed by atoms with E-state index in [4.69, 9.17) is 14.2 Å². The molecule has 0 aromatic heterocycles. The van der Waals surface area contributed by atoms with Crippen molar-refractivity contribution in [2.45, 2.75) is 13.0 Å². The second-order valence-corrected chi connectivity index (χ2v) is 6.90. The minimum absolute atomic E-state index is 0.0803. The van der Waals surface area contributed by atoms with Crippen molar-refractivity contribution >= 4 is 27.5 Å². The van der Waals surface area contributed by atoms with Crippen molar-refractivity contribution in [2.24, 2.45) is 0 Å². The molecule has 1 amide bonds. The topological polar surface area (TPSA) is 60.0 Å². The van der Waals surface area contributed by atoms with E-state index in [1.54, 1.807) is 33.5 Å². The van der Waals surface area contributed by atoms with Gasteiger partial charge in [-0.1, -0.05) is 34.1 Å². The lowest BCUT2D eigenvalue weighted by Crippen LogP contribution is -2.24. The Balaban J connectivity index is 1.94. The van der Waals surface area contributed by atoms with Gasteiger partial charge in [0.25, 0.3) is 0 Å². The first kappa shape index (κ1) is 21.1. The summed E-state index contributed by atoms with van der Waals surface area (Å²) >= 11 is 3.55. The van der Waals surface area contributed by atoms with Gasteiger partial charge in [0.15, 0.2) is 11.5 Å². The summed E-state index contributed by atoms with van der Waals surface area (Å²) < 4.78 is 17.0. The van der Waals surface area contributed by atoms with E-state index in [-0.39, 0.29) is 5.91 Å². The highest BCUT2D eigenvalue weighted by molar-refractivity contribution is 9.10. The molecule has 2 rings (SSSR count). The number of anilines is 1. The third kappa shape index (κ3) is 5.87. The molecule has 6 nitrogen and oxygen atoms in total. The van der Waals surface area contributed by atoms with Crippen LogP contribution in [0.3, 0.4) is 0 Å². The fraction of sp³-hybridized carbons (Fsp3) is 0.350. The molecule has 0 heterocycles. The number of ether oxygens (including phenoxy) is 3. The van der Waals surface area contributed by atoms with E-state index in [0.717, 1.165) is 11.0 Å². The van der Waals surface area contributed by atoms with Gasteiger partial charge in [-0.15, -0.1) is 0 Å². The van der Waals surface area contributed by atoms with E-state index in [1.807, 2.05) is 25.2 Å². The third-order valence-corrected chi connectivity index (χ3v) is 4.84. The van der Waals surface area contributed by atoms with E-state index >= 15 is 0 Å². The van der Waals surface area contributed by atoms with Crippen molar-refractivity contribution in [1.29, 1.82) is 0 Å². The van der Waals surface area contributed by atoms with Gasteiger partial charge in [0, 0.05) is 41.8 Å². The Bertz CT molecular complexity index is 757. The van der Waals surface area contributed by atoms with E-state index in [9.17, 15) is 4.79 Å². The van der Waals surface area contributed by atoms with Gasteiger partial charge in [0.1, 0.15) is 0 Å². The summed E-state index contributed by atoms with van der Waals surface area (Å²) in [5, 5.41) is 2.88. The highest BCUT2D eigenvalue weighted by Crippen LogP contribution is 2.39. The van der Waals surface area contributed by atoms with Crippen LogP contribution in [0.5, 0.6) is 17.2 Å². The predicted octanol–water partition coefficient (Wildman–Crippen LogP) is 3.94. The monoisotopic (exact) mass is 436 g/mol. The van der Waals surface area contributed by atoms with Crippen molar-refractivity contribution in [3.63, 3.8) is 0 Å². The van der Waals surface area contributed by atoms with Gasteiger partial charge in [0.05, 0.1) is 21.3 Å². The molecule has 7 heteroatoms. The molecule has 0 radical (unpaired) electrons. The number of hydrogen-bond acceptors (Lipinski definition) is 5. The van der Waals surface area contributed by atoms with Crippen LogP contribution in [-0.2, 0) is 11.3 Å². The number of hydrogen-bond donors (Lipinski definition) is 1. The molecule has 0 unspecified atom stereocenters. The number of carbonyl (C=O) groups excluding carboxylic acids is 1. The Morgan fingerprint density at radius 2 is 1.70 bits per heavy atom. The van der Waals surface area contributed by atoms with E-state index in [2.05, 4.69) is 32.2 Å². The summed E-state index contributed by atoms with van der Waals surface area (Å²) in [7, 11) is 6.62.